The van der Waals surface area contributed by atoms with E-state index in [0.29, 0.717) is 17.1 Å². The van der Waals surface area contributed by atoms with E-state index in [1.54, 1.807) is 17.5 Å². The van der Waals surface area contributed by atoms with Gasteiger partial charge in [0.1, 0.15) is 5.52 Å². The number of aromatic nitrogens is 3. The van der Waals surface area contributed by atoms with Crippen LogP contribution in [0.25, 0.3) is 21.8 Å². The lowest BCUT2D eigenvalue weighted by atomic mass is 10.00. The van der Waals surface area contributed by atoms with Crippen LogP contribution in [0.15, 0.2) is 40.4 Å². The first-order valence-corrected chi connectivity index (χ1v) is 9.57. The average Bonchev–Trinajstić information content (AvgIpc) is 3.23. The van der Waals surface area contributed by atoms with Crippen LogP contribution in [-0.2, 0) is 12.8 Å². The molecule has 6 nitrogen and oxygen atoms in total. The second kappa shape index (κ2) is 6.66. The lowest BCUT2D eigenvalue weighted by Gasteiger charge is -2.09. The Bertz CT molecular complexity index is 1230. The second-order valence-electron chi connectivity index (χ2n) is 6.41. The first-order chi connectivity index (χ1) is 13.0. The topological polar surface area (TPSA) is 72.4 Å². The molecular weight excluding hydrogens is 360 g/mol. The number of nitrogens with zero attached hydrogens (tertiary/aromatic N) is 3. The predicted molar refractivity (Wildman–Crippen MR) is 108 cm³/mol. The summed E-state index contributed by atoms with van der Waals surface area (Å²) in [6, 6.07) is 5.65. The Morgan fingerprint density at radius 3 is 2.89 bits per heavy atom. The third-order valence-corrected chi connectivity index (χ3v) is 5.69. The number of hydrogen-bond acceptors (Lipinski definition) is 6. The molecule has 0 atom stereocenters. The van der Waals surface area contributed by atoms with Crippen molar-refractivity contribution in [2.45, 2.75) is 26.7 Å². The Morgan fingerprint density at radius 1 is 1.33 bits per heavy atom. The Labute approximate surface area is 160 Å². The number of nitrogens with one attached hydrogen (secondary N) is 1. The van der Waals surface area contributed by atoms with Gasteiger partial charge >= 0.3 is 0 Å². The molecule has 138 valence electrons. The van der Waals surface area contributed by atoms with Crippen LogP contribution in [0.1, 0.15) is 34.3 Å². The molecule has 0 aliphatic heterocycles. The minimum Gasteiger partial charge on any atom is -0.443 e. The third kappa shape index (κ3) is 2.94. The lowest BCUT2D eigenvalue weighted by molar-refractivity contribution is 0.601. The van der Waals surface area contributed by atoms with Gasteiger partial charge in [-0.15, -0.1) is 11.3 Å². The summed E-state index contributed by atoms with van der Waals surface area (Å²) in [6.07, 6.45) is 2.91. The SMILES string of the molecule is C=C(NC)c1c(C)sc2nc(Cc3cc4ocnc4cc3CC)cc(=O)n12. The summed E-state index contributed by atoms with van der Waals surface area (Å²) in [5.41, 5.74) is 6.04. The summed E-state index contributed by atoms with van der Waals surface area (Å²) >= 11 is 1.50. The van der Waals surface area contributed by atoms with Crippen LogP contribution in [0.2, 0.25) is 0 Å². The first kappa shape index (κ1) is 17.5. The molecule has 1 aromatic carbocycles. The Balaban J connectivity index is 1.82. The number of benzene rings is 1. The quantitative estimate of drug-likeness (QED) is 0.573. The van der Waals surface area contributed by atoms with Crippen molar-refractivity contribution in [2.75, 3.05) is 7.05 Å². The van der Waals surface area contributed by atoms with Crippen molar-refractivity contribution in [1.82, 2.24) is 19.7 Å². The second-order valence-corrected chi connectivity index (χ2v) is 7.59. The summed E-state index contributed by atoms with van der Waals surface area (Å²) in [6.45, 7) is 8.08. The van der Waals surface area contributed by atoms with E-state index in [1.807, 2.05) is 19.1 Å². The molecule has 0 aliphatic rings. The maximum atomic E-state index is 12.8. The summed E-state index contributed by atoms with van der Waals surface area (Å²) in [4.78, 5) is 23.4. The molecule has 0 amide bonds. The summed E-state index contributed by atoms with van der Waals surface area (Å²) in [5, 5.41) is 3.02. The Hall–Kier alpha value is -2.93. The van der Waals surface area contributed by atoms with E-state index >= 15 is 0 Å². The zero-order chi connectivity index (χ0) is 19.1. The highest BCUT2D eigenvalue weighted by Crippen LogP contribution is 2.25. The molecule has 0 aliphatic carbocycles. The van der Waals surface area contributed by atoms with Crippen molar-refractivity contribution in [2.24, 2.45) is 0 Å². The number of hydrogen-bond donors (Lipinski definition) is 1. The van der Waals surface area contributed by atoms with Gasteiger partial charge in [0.15, 0.2) is 16.9 Å². The highest BCUT2D eigenvalue weighted by atomic mass is 32.1. The van der Waals surface area contributed by atoms with Crippen LogP contribution in [0, 0.1) is 6.92 Å². The van der Waals surface area contributed by atoms with Gasteiger partial charge in [0, 0.05) is 24.4 Å². The molecule has 0 saturated heterocycles. The molecule has 27 heavy (non-hydrogen) atoms. The molecular formula is C20H20N4O2S. The zero-order valence-electron chi connectivity index (χ0n) is 15.5. The molecule has 0 saturated carbocycles. The number of thiazole rings is 1. The van der Waals surface area contributed by atoms with Crippen molar-refractivity contribution in [3.8, 4) is 0 Å². The number of fused-ring (bicyclic) bond motifs is 2. The maximum Gasteiger partial charge on any atom is 0.259 e. The van der Waals surface area contributed by atoms with Crippen LogP contribution in [0.3, 0.4) is 0 Å². The van der Waals surface area contributed by atoms with E-state index in [1.165, 1.54) is 23.3 Å². The van der Waals surface area contributed by atoms with E-state index in [0.717, 1.165) is 39.3 Å². The average molecular weight is 380 g/mol. The fourth-order valence-corrected chi connectivity index (χ4v) is 4.38. The summed E-state index contributed by atoms with van der Waals surface area (Å²) in [5.74, 6) is 0. The van der Waals surface area contributed by atoms with Gasteiger partial charge in [-0.05, 0) is 36.6 Å². The van der Waals surface area contributed by atoms with E-state index < -0.39 is 0 Å². The minimum absolute atomic E-state index is 0.0930. The first-order valence-electron chi connectivity index (χ1n) is 8.76. The molecule has 0 radical (unpaired) electrons. The maximum absolute atomic E-state index is 12.8. The van der Waals surface area contributed by atoms with Crippen LogP contribution in [-0.4, -0.2) is 21.4 Å². The lowest BCUT2D eigenvalue weighted by Crippen LogP contribution is -2.19. The van der Waals surface area contributed by atoms with Crippen molar-refractivity contribution in [3.63, 3.8) is 0 Å². The molecule has 3 heterocycles. The van der Waals surface area contributed by atoms with Crippen molar-refractivity contribution < 1.29 is 4.42 Å². The van der Waals surface area contributed by atoms with Crippen LogP contribution < -0.4 is 10.9 Å². The van der Waals surface area contributed by atoms with Crippen LogP contribution in [0.5, 0.6) is 0 Å². The van der Waals surface area contributed by atoms with Gasteiger partial charge in [0.05, 0.1) is 17.1 Å². The normalized spacial score (nSPS) is 11.4. The molecule has 0 fully saturated rings. The van der Waals surface area contributed by atoms with Gasteiger partial charge in [-0.1, -0.05) is 13.5 Å². The fraction of sp³-hybridized carbons (Fsp3) is 0.250. The van der Waals surface area contributed by atoms with Crippen LogP contribution >= 0.6 is 11.3 Å². The van der Waals surface area contributed by atoms with E-state index in [9.17, 15) is 4.79 Å². The Kier molecular flexibility index (Phi) is 4.31. The standard InChI is InChI=1S/C20H20N4O2S/c1-5-13-7-16-17(26-10-22-16)8-14(13)6-15-9-18(25)24-19(11(2)21-4)12(3)27-20(24)23-15/h7-10,21H,2,5-6H2,1,3-4H3. The molecule has 7 heteroatoms. The number of oxazole rings is 1. The smallest absolute Gasteiger partial charge is 0.259 e. The fourth-order valence-electron chi connectivity index (χ4n) is 3.36. The summed E-state index contributed by atoms with van der Waals surface area (Å²) in [7, 11) is 1.80. The van der Waals surface area contributed by atoms with E-state index in [2.05, 4.69) is 23.8 Å². The molecule has 4 aromatic rings. The highest BCUT2D eigenvalue weighted by molar-refractivity contribution is 7.17. The highest BCUT2D eigenvalue weighted by Gasteiger charge is 2.16. The Morgan fingerprint density at radius 2 is 2.15 bits per heavy atom. The predicted octanol–water partition coefficient (Wildman–Crippen LogP) is 3.55. The zero-order valence-corrected chi connectivity index (χ0v) is 16.3. The van der Waals surface area contributed by atoms with Crippen LogP contribution in [0.4, 0.5) is 0 Å². The molecule has 3 aromatic heterocycles. The van der Waals surface area contributed by atoms with Crippen molar-refractivity contribution >= 4 is 33.1 Å². The van der Waals surface area contributed by atoms with Gasteiger partial charge < -0.3 is 9.73 Å². The molecule has 1 N–H and O–H groups in total. The van der Waals surface area contributed by atoms with Gasteiger partial charge in [0.2, 0.25) is 0 Å². The molecule has 4 rings (SSSR count). The van der Waals surface area contributed by atoms with Gasteiger partial charge in [-0.2, -0.15) is 0 Å². The summed E-state index contributed by atoms with van der Waals surface area (Å²) < 4.78 is 7.06. The number of aryl methyl sites for hydroxylation is 2. The minimum atomic E-state index is -0.0930. The monoisotopic (exact) mass is 380 g/mol. The van der Waals surface area contributed by atoms with Gasteiger partial charge in [-0.3, -0.25) is 4.79 Å². The largest absolute Gasteiger partial charge is 0.443 e. The molecule has 0 spiro atoms. The molecule has 0 unspecified atom stereocenters. The van der Waals surface area contributed by atoms with E-state index in [-0.39, 0.29) is 5.56 Å². The van der Waals surface area contributed by atoms with E-state index in [4.69, 9.17) is 9.40 Å². The van der Waals surface area contributed by atoms with Crippen molar-refractivity contribution in [1.29, 1.82) is 0 Å². The van der Waals surface area contributed by atoms with Gasteiger partial charge in [0.25, 0.3) is 5.56 Å². The van der Waals surface area contributed by atoms with Gasteiger partial charge in [-0.25, -0.2) is 14.4 Å². The van der Waals surface area contributed by atoms with Crippen molar-refractivity contribution in [3.05, 3.63) is 68.9 Å². The number of rotatable bonds is 5. The molecule has 0 bridgehead atoms. The third-order valence-electron chi connectivity index (χ3n) is 4.74.